The number of nitrogens with zero attached hydrogens (tertiary/aromatic N) is 2. The molecule has 0 aliphatic carbocycles. The quantitative estimate of drug-likeness (QED) is 0.591. The van der Waals surface area contributed by atoms with E-state index in [0.717, 1.165) is 11.3 Å². The van der Waals surface area contributed by atoms with Crippen LogP contribution in [0.25, 0.3) is 0 Å². The van der Waals surface area contributed by atoms with E-state index in [2.05, 4.69) is 26.2 Å². The first kappa shape index (κ1) is 15.6. The molecular formula is C10H14N4O3S2. The lowest BCUT2D eigenvalue weighted by molar-refractivity contribution is -0.114. The van der Waals surface area contributed by atoms with Crippen LogP contribution in [0.15, 0.2) is 4.34 Å². The first-order valence-corrected chi connectivity index (χ1v) is 7.76. The number of terminal acetylenes is 1. The maximum absolute atomic E-state index is 12.0. The molecule has 0 aromatic carbocycles. The molecule has 0 saturated heterocycles. The van der Waals surface area contributed by atoms with Gasteiger partial charge in [0.05, 0.1) is 0 Å². The van der Waals surface area contributed by atoms with Crippen LogP contribution >= 0.6 is 11.3 Å². The van der Waals surface area contributed by atoms with E-state index in [-0.39, 0.29) is 21.4 Å². The predicted octanol–water partition coefficient (Wildman–Crippen LogP) is 0.577. The summed E-state index contributed by atoms with van der Waals surface area (Å²) >= 11 is 0.782. The molecule has 1 aromatic rings. The molecule has 1 amide bonds. The van der Waals surface area contributed by atoms with Crippen molar-refractivity contribution < 1.29 is 13.2 Å². The molecule has 19 heavy (non-hydrogen) atoms. The Morgan fingerprint density at radius 2 is 2.21 bits per heavy atom. The average molecular weight is 302 g/mol. The Morgan fingerprint density at radius 1 is 1.53 bits per heavy atom. The van der Waals surface area contributed by atoms with Crippen molar-refractivity contribution in [1.29, 1.82) is 0 Å². The van der Waals surface area contributed by atoms with Crippen molar-refractivity contribution in [2.24, 2.45) is 0 Å². The van der Waals surface area contributed by atoms with Gasteiger partial charge >= 0.3 is 0 Å². The smallest absolute Gasteiger partial charge is 0.270 e. The molecule has 1 aromatic heterocycles. The zero-order chi connectivity index (χ0) is 14.5. The van der Waals surface area contributed by atoms with Crippen LogP contribution in [0.1, 0.15) is 26.7 Å². The third-order valence-corrected chi connectivity index (χ3v) is 4.82. The topological polar surface area (TPSA) is 101 Å². The number of sulfonamides is 1. The molecule has 0 radical (unpaired) electrons. The molecule has 9 heteroatoms. The van der Waals surface area contributed by atoms with Crippen molar-refractivity contribution in [3.63, 3.8) is 0 Å². The number of anilines is 1. The maximum Gasteiger partial charge on any atom is 0.270 e. The van der Waals surface area contributed by atoms with Gasteiger partial charge in [0.1, 0.15) is 0 Å². The van der Waals surface area contributed by atoms with Gasteiger partial charge in [-0.3, -0.25) is 4.79 Å². The Labute approximate surface area is 115 Å². The summed E-state index contributed by atoms with van der Waals surface area (Å²) in [6, 6.07) is -0.344. The van der Waals surface area contributed by atoms with Gasteiger partial charge in [0.15, 0.2) is 0 Å². The van der Waals surface area contributed by atoms with Crippen molar-refractivity contribution in [2.45, 2.75) is 37.1 Å². The first-order valence-electron chi connectivity index (χ1n) is 5.46. The lowest BCUT2D eigenvalue weighted by Gasteiger charge is -2.12. The van der Waals surface area contributed by atoms with Crippen LogP contribution < -0.4 is 10.0 Å². The lowest BCUT2D eigenvalue weighted by atomic mass is 10.2. The molecule has 1 heterocycles. The Kier molecular flexibility index (Phi) is 5.41. The van der Waals surface area contributed by atoms with E-state index in [1.165, 1.54) is 6.92 Å². The second kappa shape index (κ2) is 6.60. The minimum Gasteiger partial charge on any atom is -0.301 e. The third kappa shape index (κ3) is 4.59. The summed E-state index contributed by atoms with van der Waals surface area (Å²) in [6.45, 7) is 3.13. The zero-order valence-electron chi connectivity index (χ0n) is 10.5. The molecule has 7 nitrogen and oxygen atoms in total. The van der Waals surface area contributed by atoms with Gasteiger partial charge in [-0.2, -0.15) is 0 Å². The van der Waals surface area contributed by atoms with E-state index in [1.807, 2.05) is 6.92 Å². The monoisotopic (exact) mass is 302 g/mol. The van der Waals surface area contributed by atoms with Gasteiger partial charge in [0, 0.05) is 19.4 Å². The molecule has 104 valence electrons. The predicted molar refractivity (Wildman–Crippen MR) is 72.1 cm³/mol. The average Bonchev–Trinajstić information content (AvgIpc) is 2.76. The summed E-state index contributed by atoms with van der Waals surface area (Å²) in [6.07, 6.45) is 6.03. The Morgan fingerprint density at radius 3 is 2.74 bits per heavy atom. The second-order valence-corrected chi connectivity index (χ2v) is 6.55. The van der Waals surface area contributed by atoms with Crippen LogP contribution in [0, 0.1) is 12.3 Å². The fraction of sp³-hybridized carbons (Fsp3) is 0.500. The number of amides is 1. The Balaban J connectivity index is 2.85. The summed E-state index contributed by atoms with van der Waals surface area (Å²) in [7, 11) is -3.76. The van der Waals surface area contributed by atoms with Crippen LogP contribution in [0.3, 0.4) is 0 Å². The van der Waals surface area contributed by atoms with Gasteiger partial charge in [-0.25, -0.2) is 13.1 Å². The van der Waals surface area contributed by atoms with Gasteiger partial charge in [-0.15, -0.1) is 22.5 Å². The van der Waals surface area contributed by atoms with Gasteiger partial charge in [-0.05, 0) is 6.42 Å². The van der Waals surface area contributed by atoms with Gasteiger partial charge in [0.2, 0.25) is 15.4 Å². The molecule has 1 unspecified atom stereocenters. The van der Waals surface area contributed by atoms with Crippen LogP contribution in [0.2, 0.25) is 0 Å². The lowest BCUT2D eigenvalue weighted by Crippen LogP contribution is -2.34. The van der Waals surface area contributed by atoms with Crippen molar-refractivity contribution in [2.75, 3.05) is 5.32 Å². The molecule has 0 fully saturated rings. The van der Waals surface area contributed by atoms with Crippen LogP contribution in [-0.4, -0.2) is 30.6 Å². The van der Waals surface area contributed by atoms with Gasteiger partial charge < -0.3 is 5.32 Å². The Hall–Kier alpha value is -1.50. The number of carbonyl (C=O) groups excluding carboxylic acids is 1. The van der Waals surface area contributed by atoms with Crippen molar-refractivity contribution in [3.8, 4) is 12.3 Å². The molecule has 0 aliphatic rings. The van der Waals surface area contributed by atoms with Gasteiger partial charge in [-0.1, -0.05) is 18.3 Å². The molecule has 0 bridgehead atoms. The van der Waals surface area contributed by atoms with E-state index in [1.54, 1.807) is 0 Å². The third-order valence-electron chi connectivity index (χ3n) is 2.10. The number of hydrogen-bond donors (Lipinski definition) is 2. The van der Waals surface area contributed by atoms with E-state index in [9.17, 15) is 13.2 Å². The van der Waals surface area contributed by atoms with Crippen LogP contribution in [0.4, 0.5) is 5.13 Å². The minimum atomic E-state index is -3.76. The molecule has 0 saturated carbocycles. The molecule has 1 atom stereocenters. The van der Waals surface area contributed by atoms with E-state index < -0.39 is 10.0 Å². The number of carbonyl (C=O) groups is 1. The molecule has 0 aliphatic heterocycles. The standard InChI is InChI=1S/C10H14N4O3S2/c1-4-6-8(5-2)14-19(16,17)10-13-12-9(18-10)11-7(3)15/h1,8,14H,5-6H2,2-3H3,(H,11,12,15). The summed E-state index contributed by atoms with van der Waals surface area (Å²) in [4.78, 5) is 10.8. The number of hydrogen-bond acceptors (Lipinski definition) is 6. The zero-order valence-corrected chi connectivity index (χ0v) is 12.1. The van der Waals surface area contributed by atoms with E-state index in [4.69, 9.17) is 6.42 Å². The maximum atomic E-state index is 12.0. The minimum absolute atomic E-state index is 0.137. The highest BCUT2D eigenvalue weighted by Crippen LogP contribution is 2.20. The number of nitrogens with one attached hydrogen (secondary N) is 2. The van der Waals surface area contributed by atoms with Crippen LogP contribution in [0.5, 0.6) is 0 Å². The van der Waals surface area contributed by atoms with Gasteiger partial charge in [0.25, 0.3) is 10.0 Å². The normalized spacial score (nSPS) is 12.7. The van der Waals surface area contributed by atoms with Crippen molar-refractivity contribution in [1.82, 2.24) is 14.9 Å². The summed E-state index contributed by atoms with van der Waals surface area (Å²) in [5.74, 6) is 2.07. The molecular weight excluding hydrogens is 288 g/mol. The summed E-state index contributed by atoms with van der Waals surface area (Å²) in [5.41, 5.74) is 0. The highest BCUT2D eigenvalue weighted by Gasteiger charge is 2.23. The molecule has 1 rings (SSSR count). The largest absolute Gasteiger partial charge is 0.301 e. The Bertz CT molecular complexity index is 588. The first-order chi connectivity index (χ1) is 8.89. The van der Waals surface area contributed by atoms with Crippen LogP contribution in [-0.2, 0) is 14.8 Å². The highest BCUT2D eigenvalue weighted by molar-refractivity contribution is 7.91. The molecule has 2 N–H and O–H groups in total. The fourth-order valence-corrected chi connectivity index (χ4v) is 3.48. The number of rotatable bonds is 6. The van der Waals surface area contributed by atoms with E-state index in [0.29, 0.717) is 12.8 Å². The second-order valence-electron chi connectivity index (χ2n) is 3.69. The summed E-state index contributed by atoms with van der Waals surface area (Å²) in [5, 5.41) is 9.63. The summed E-state index contributed by atoms with van der Waals surface area (Å²) < 4.78 is 26.2. The van der Waals surface area contributed by atoms with Crippen molar-refractivity contribution in [3.05, 3.63) is 0 Å². The van der Waals surface area contributed by atoms with Crippen molar-refractivity contribution >= 4 is 32.4 Å². The number of aromatic nitrogens is 2. The highest BCUT2D eigenvalue weighted by atomic mass is 32.2. The SMILES string of the molecule is C#CCC(CC)NS(=O)(=O)c1nnc(NC(C)=O)s1. The fourth-order valence-electron chi connectivity index (χ4n) is 1.20. The van der Waals surface area contributed by atoms with E-state index >= 15 is 0 Å². The molecule has 0 spiro atoms.